The van der Waals surface area contributed by atoms with Gasteiger partial charge in [-0.1, -0.05) is 61.3 Å². The second-order valence-electron chi connectivity index (χ2n) is 31.1. The second-order valence-corrected chi connectivity index (χ2v) is 31.9. The van der Waals surface area contributed by atoms with E-state index in [0.717, 1.165) is 84.9 Å². The molecule has 0 radical (unpaired) electrons. The summed E-state index contributed by atoms with van der Waals surface area (Å²) in [5.41, 5.74) is 6.54. The number of aliphatic hydroxyl groups excluding tert-OH is 6. The van der Waals surface area contributed by atoms with Gasteiger partial charge in [0.05, 0.1) is 53.0 Å². The number of amides is 9. The van der Waals surface area contributed by atoms with Crippen molar-refractivity contribution in [1.82, 2.24) is 58.4 Å². The van der Waals surface area contributed by atoms with Gasteiger partial charge in [0.1, 0.15) is 101 Å². The minimum atomic E-state index is -5.03. The number of nitrogens with two attached hydrogens (primary N) is 1. The number of carbonyl (C=O) groups excluding carboxylic acids is 9. The fraction of sp³-hybridized carbons (Fsp3) is 0.386. The average Bonchev–Trinajstić information content (AvgIpc) is 0.763. The molecule has 22 N–H and O–H groups in total. The molecule has 2 saturated heterocycles. The van der Waals surface area contributed by atoms with E-state index in [1.807, 2.05) is 6.07 Å². The highest BCUT2D eigenvalue weighted by atomic mass is 35.5. The molecule has 7 aliphatic heterocycles. The molecule has 7 aliphatic rings. The molecule has 11 bridgehead atoms. The molecule has 14 rings (SSSR count). The van der Waals surface area contributed by atoms with Crippen molar-refractivity contribution in [3.8, 4) is 68.9 Å². The Morgan fingerprint density at radius 2 is 1.41 bits per heavy atom. The van der Waals surface area contributed by atoms with Crippen LogP contribution < -0.4 is 83.4 Å². The first-order valence-electron chi connectivity index (χ1n) is 39.4. The highest BCUT2D eigenvalue weighted by molar-refractivity contribution is 6.32. The van der Waals surface area contributed by atoms with E-state index >= 15 is 24.0 Å². The van der Waals surface area contributed by atoms with Crippen LogP contribution in [0.2, 0.25) is 10.0 Å². The number of phenols is 3. The molecule has 0 aliphatic carbocycles. The number of likely N-dealkylation sites (N-methyl/N-ethyl adjacent to an activating group) is 1. The third kappa shape index (κ3) is 21.9. The fourth-order valence-corrected chi connectivity index (χ4v) is 15.4. The number of aromatic hydroxyl groups is 3. The smallest absolute Gasteiger partial charge is 0.508 e. The summed E-state index contributed by atoms with van der Waals surface area (Å²) in [6.07, 6.45) is -22.6. The van der Waals surface area contributed by atoms with Crippen molar-refractivity contribution in [1.29, 1.82) is 5.26 Å². The number of rotatable bonds is 22. The number of pyridine rings is 1. The van der Waals surface area contributed by atoms with E-state index in [1.54, 1.807) is 20.8 Å². The molecule has 39 nitrogen and oxygen atoms in total. The second kappa shape index (κ2) is 39.7. The van der Waals surface area contributed by atoms with Crippen molar-refractivity contribution < 1.29 is 135 Å². The van der Waals surface area contributed by atoms with Gasteiger partial charge in [0, 0.05) is 72.8 Å². The molecule has 0 saturated carbocycles. The third-order valence-corrected chi connectivity index (χ3v) is 22.0. The first-order valence-corrected chi connectivity index (χ1v) is 40.2. The summed E-state index contributed by atoms with van der Waals surface area (Å²) in [4.78, 5) is 138. The topological polar surface area (TPSA) is 595 Å². The standard InChI is InChI=1S/C83H89Cl2F3N14O25/c1-34(2)18-49(91-5)74(114)100-64-66(108)38-11-14-53(47(84)21-38)122-55-23-40-24-56(70(55)126-81-71(69(111)68(110)57(33-103)124-81)125-59-29-82(4,72(112)35(3)121-59)93-31-36-19-41(32-92-30-36)73(113)95-42-8-6-9-44(25-42)127-83(86,87)88)123-54-15-12-39(22-48(54)85)67(109)65-79(119)99-63(80(120)102-94-17-7-16-89)46-26-43(104)27-52(106)60(46)45-20-37(10-13-51(45)105)61(76(116)101-65)98-77(117)62(40)97-75(115)50(28-58(90)107)96-78(64)118/h6,8-15,19-27,30,32,34-35,49-50,57,59,61-69,71-72,81,91,93-94,103-106,108-112H,7,17-18,28-29,31,33H2,1-5H3,(H2,90,107)(H,95,113)(H,96,118)(H,97,115)(H,98,117)(H,99,119)(H,100,114)(H,101,116)(H,102,120)/t35?,49?,50?,57?,59?,61?,62?,63-,64?,65?,66?,67?,68?,69?,71?,72?,81?,82-/m1/s1. The van der Waals surface area contributed by atoms with Crippen molar-refractivity contribution in [2.75, 3.05) is 25.5 Å². The molecule has 1 aromatic heterocycles. The fourth-order valence-electron chi connectivity index (χ4n) is 15.0. The lowest BCUT2D eigenvalue weighted by molar-refractivity contribution is -0.334. The number of aliphatic hydroxyl groups is 6. The Kier molecular flexibility index (Phi) is 29.3. The van der Waals surface area contributed by atoms with Gasteiger partial charge in [-0.3, -0.25) is 53.6 Å². The number of aromatic nitrogens is 1. The van der Waals surface area contributed by atoms with Crippen LogP contribution in [-0.4, -0.2) is 210 Å². The Hall–Kier alpha value is -12.3. The SMILES string of the molecule is CNC(CC(C)C)C(=O)NC1C(=O)NC(CC(N)=O)C(=O)NC2C(=O)NC3C(=O)NC(C(=O)N[C@@H](C(=O)NNCCC#N)c4cc(O)cc(O)c4-c4cc3ccc4O)C(O)c3ccc(c(Cl)c3)Oc3cc2cc(c3OC2OC(CO)C(O)C(O)C2OC2C[C@@](C)(NCc3cncc(C(=O)Nc4cccc(OC(F)(F)F)c4)c3)C(O)C(C)O2)Oc2ccc(cc2Cl)C1O. The van der Waals surface area contributed by atoms with Gasteiger partial charge in [-0.2, -0.15) is 5.26 Å². The number of hydrogen-bond acceptors (Lipinski definition) is 30. The first-order chi connectivity index (χ1) is 60.2. The highest BCUT2D eigenvalue weighted by Crippen LogP contribution is 2.50. The van der Waals surface area contributed by atoms with E-state index in [2.05, 4.69) is 68.4 Å². The number of alkyl halides is 3. The summed E-state index contributed by atoms with van der Waals surface area (Å²) in [5.74, 6) is -17.2. The lowest BCUT2D eigenvalue weighted by atomic mass is 9.84. The predicted octanol–water partition coefficient (Wildman–Crippen LogP) is 2.93. The number of primary amides is 1. The number of benzene rings is 6. The largest absolute Gasteiger partial charge is 0.573 e. The van der Waals surface area contributed by atoms with E-state index in [0.29, 0.717) is 5.56 Å². The molecular formula is C83H89Cl2F3N14O25. The molecule has 0 spiro atoms. The summed E-state index contributed by atoms with van der Waals surface area (Å²) in [5, 5.41) is 139. The minimum Gasteiger partial charge on any atom is -0.508 e. The summed E-state index contributed by atoms with van der Waals surface area (Å²) in [6, 6.07) is 6.93. The average molecular weight is 1810 g/mol. The molecule has 7 aromatic rings. The maximum atomic E-state index is 16.3. The van der Waals surface area contributed by atoms with Crippen LogP contribution in [0.1, 0.15) is 127 Å². The van der Waals surface area contributed by atoms with Crippen LogP contribution >= 0.6 is 23.2 Å². The minimum absolute atomic E-state index is 0.0503. The van der Waals surface area contributed by atoms with Crippen molar-refractivity contribution in [2.45, 2.75) is 176 Å². The number of hydrogen-bond donors (Lipinski definition) is 21. The number of nitrogens with zero attached hydrogens (tertiary/aromatic N) is 2. The van der Waals surface area contributed by atoms with Crippen LogP contribution in [0.25, 0.3) is 11.1 Å². The molecule has 44 heteroatoms. The summed E-state index contributed by atoms with van der Waals surface area (Å²) < 4.78 is 82.6. The number of carbonyl (C=O) groups is 9. The number of nitriles is 1. The monoisotopic (exact) mass is 1810 g/mol. The van der Waals surface area contributed by atoms with Gasteiger partial charge in [-0.05, 0) is 139 Å². The first kappa shape index (κ1) is 93.8. The molecule has 676 valence electrons. The number of hydrazine groups is 1. The molecule has 8 heterocycles. The van der Waals surface area contributed by atoms with Gasteiger partial charge in [-0.25, -0.2) is 5.43 Å². The van der Waals surface area contributed by atoms with Gasteiger partial charge < -0.3 is 133 Å². The number of nitrogens with one attached hydrogen (secondary N) is 11. The summed E-state index contributed by atoms with van der Waals surface area (Å²) >= 11 is 14.4. The Labute approximate surface area is 730 Å². The van der Waals surface area contributed by atoms with Crippen molar-refractivity contribution in [3.05, 3.63) is 171 Å². The van der Waals surface area contributed by atoms with E-state index in [4.69, 9.17) is 57.4 Å². The number of halogens is 5. The Morgan fingerprint density at radius 3 is 2.06 bits per heavy atom. The van der Waals surface area contributed by atoms with E-state index in [-0.39, 0.29) is 66.2 Å². The zero-order chi connectivity index (χ0) is 91.9. The van der Waals surface area contributed by atoms with Crippen LogP contribution in [0.5, 0.6) is 51.7 Å². The quantitative estimate of drug-likeness (QED) is 0.0343. The van der Waals surface area contributed by atoms with Crippen LogP contribution in [0.15, 0.2) is 122 Å². The maximum Gasteiger partial charge on any atom is 0.573 e. The zero-order valence-corrected chi connectivity index (χ0v) is 69.3. The molecule has 9 amide bonds. The van der Waals surface area contributed by atoms with Gasteiger partial charge in [0.15, 0.2) is 23.9 Å². The maximum absolute atomic E-state index is 16.3. The summed E-state index contributed by atoms with van der Waals surface area (Å²) in [7, 11) is 1.46. The van der Waals surface area contributed by atoms with E-state index in [9.17, 15) is 83.6 Å². The number of ether oxygens (including phenoxy) is 7. The molecule has 18 atom stereocenters. The lowest BCUT2D eigenvalue weighted by Crippen LogP contribution is -2.65. The molecule has 2 fully saturated rings. The van der Waals surface area contributed by atoms with Gasteiger partial charge >= 0.3 is 6.36 Å². The Morgan fingerprint density at radius 1 is 0.748 bits per heavy atom. The van der Waals surface area contributed by atoms with Crippen molar-refractivity contribution in [2.24, 2.45) is 11.7 Å². The van der Waals surface area contributed by atoms with Crippen LogP contribution in [0.3, 0.4) is 0 Å². The van der Waals surface area contributed by atoms with E-state index in [1.165, 1.54) is 50.6 Å². The predicted molar refractivity (Wildman–Crippen MR) is 436 cm³/mol. The number of anilines is 1. The Balaban J connectivity index is 1.01. The molecule has 16 unspecified atom stereocenters. The lowest BCUT2D eigenvalue weighted by Gasteiger charge is -2.48. The number of fused-ring (bicyclic) bond motifs is 15. The van der Waals surface area contributed by atoms with Crippen LogP contribution in [0, 0.1) is 17.2 Å². The number of phenolic OH excluding ortho intramolecular Hbond substituents is 3. The van der Waals surface area contributed by atoms with Gasteiger partial charge in [-0.15, -0.1) is 13.2 Å². The van der Waals surface area contributed by atoms with Crippen LogP contribution in [-0.2, 0) is 59.1 Å². The van der Waals surface area contributed by atoms with Crippen LogP contribution in [0.4, 0.5) is 18.9 Å². The van der Waals surface area contributed by atoms with Crippen molar-refractivity contribution in [3.63, 3.8) is 0 Å². The molecular weight excluding hydrogens is 1720 g/mol. The Bertz CT molecular complexity index is 5410. The molecule has 6 aromatic carbocycles. The third-order valence-electron chi connectivity index (χ3n) is 21.4. The molecule has 127 heavy (non-hydrogen) atoms. The van der Waals surface area contributed by atoms with E-state index < -0.39 is 266 Å². The van der Waals surface area contributed by atoms with Gasteiger partial charge in [0.2, 0.25) is 53.4 Å². The zero-order valence-electron chi connectivity index (χ0n) is 67.8. The normalized spacial score (nSPS) is 25.7. The van der Waals surface area contributed by atoms with Crippen molar-refractivity contribution >= 4 is 82.1 Å². The summed E-state index contributed by atoms with van der Waals surface area (Å²) in [6.45, 7) is 5.24. The van der Waals surface area contributed by atoms with Gasteiger partial charge in [0.25, 0.3) is 11.8 Å². The highest BCUT2D eigenvalue weighted by Gasteiger charge is 2.53.